The molecule has 0 aliphatic heterocycles. The van der Waals surface area contributed by atoms with Crippen molar-refractivity contribution in [3.8, 4) is 0 Å². The topological polar surface area (TPSA) is 37.3 Å². The molecule has 0 radical (unpaired) electrons. The van der Waals surface area contributed by atoms with Gasteiger partial charge in [-0.25, -0.2) is 13.6 Å². The van der Waals surface area contributed by atoms with E-state index < -0.39 is 24.0 Å². The van der Waals surface area contributed by atoms with E-state index in [0.29, 0.717) is 6.08 Å². The maximum absolute atomic E-state index is 13.8. The number of aliphatic carboxylic acids is 1. The lowest BCUT2D eigenvalue weighted by atomic mass is 9.72. The van der Waals surface area contributed by atoms with Gasteiger partial charge in [-0.2, -0.15) is 0 Å². The van der Waals surface area contributed by atoms with Crippen LogP contribution >= 0.6 is 0 Å². The van der Waals surface area contributed by atoms with Crippen molar-refractivity contribution >= 4 is 5.97 Å². The van der Waals surface area contributed by atoms with Crippen LogP contribution in [-0.4, -0.2) is 17.8 Å². The Balaban J connectivity index is 2.94. The van der Waals surface area contributed by atoms with Crippen LogP contribution in [0.3, 0.4) is 0 Å². The van der Waals surface area contributed by atoms with Crippen LogP contribution in [0.1, 0.15) is 47.0 Å². The van der Waals surface area contributed by atoms with Crippen LogP contribution in [0.25, 0.3) is 0 Å². The fourth-order valence-corrected chi connectivity index (χ4v) is 2.91. The summed E-state index contributed by atoms with van der Waals surface area (Å²) >= 11 is 0. The molecule has 0 bridgehead atoms. The molecular weight excluding hydrogens is 310 g/mol. The number of halogens is 2. The highest BCUT2D eigenvalue weighted by molar-refractivity contribution is 5.81. The molecule has 4 heteroatoms. The van der Waals surface area contributed by atoms with Gasteiger partial charge in [-0.1, -0.05) is 43.2 Å². The smallest absolute Gasteiger partial charge is 0.328 e. The Bertz CT molecular complexity index is 632. The summed E-state index contributed by atoms with van der Waals surface area (Å²) in [5, 5.41) is 8.58. The Morgan fingerprint density at radius 2 is 2.00 bits per heavy atom. The molecule has 132 valence electrons. The molecule has 1 N–H and O–H groups in total. The summed E-state index contributed by atoms with van der Waals surface area (Å²) in [6, 6.07) is 0. The number of hydrogen-bond donors (Lipinski definition) is 1. The second-order valence-corrected chi connectivity index (χ2v) is 6.83. The van der Waals surface area contributed by atoms with Crippen LogP contribution < -0.4 is 0 Å². The standard InChI is InChI=1S/C20H26F2O2/c1-14(8-10-18(22)16(13-21)12-19(23)24)7-9-17-15(2)6-5-11-20(17,3)4/h7-10,12H,5-6,11,13H2,1-4H3,(H,23,24). The van der Waals surface area contributed by atoms with Crippen molar-refractivity contribution in [2.75, 3.05) is 6.67 Å². The number of carbonyl (C=O) groups is 1. The van der Waals surface area contributed by atoms with E-state index >= 15 is 0 Å². The number of allylic oxidation sites excluding steroid dienone is 9. The molecule has 0 heterocycles. The lowest BCUT2D eigenvalue weighted by molar-refractivity contribution is -0.131. The maximum Gasteiger partial charge on any atom is 0.328 e. The van der Waals surface area contributed by atoms with Gasteiger partial charge in [0.05, 0.1) is 0 Å². The molecule has 2 nitrogen and oxygen atoms in total. The summed E-state index contributed by atoms with van der Waals surface area (Å²) in [4.78, 5) is 10.5. The normalized spacial score (nSPS) is 20.0. The summed E-state index contributed by atoms with van der Waals surface area (Å²) in [6.45, 7) is 7.25. The number of rotatable bonds is 6. The zero-order valence-corrected chi connectivity index (χ0v) is 14.8. The average molecular weight is 336 g/mol. The lowest BCUT2D eigenvalue weighted by Gasteiger charge is -2.32. The number of alkyl halides is 1. The number of carboxylic acids is 1. The van der Waals surface area contributed by atoms with E-state index in [9.17, 15) is 13.6 Å². The van der Waals surface area contributed by atoms with Crippen molar-refractivity contribution in [3.63, 3.8) is 0 Å². The molecule has 0 atom stereocenters. The van der Waals surface area contributed by atoms with Crippen molar-refractivity contribution in [2.24, 2.45) is 5.41 Å². The van der Waals surface area contributed by atoms with Crippen LogP contribution in [0.5, 0.6) is 0 Å². The summed E-state index contributed by atoms with van der Waals surface area (Å²) in [6.07, 6.45) is 10.6. The van der Waals surface area contributed by atoms with Gasteiger partial charge in [-0.3, -0.25) is 0 Å². The van der Waals surface area contributed by atoms with E-state index in [1.807, 2.05) is 13.0 Å². The Hall–Kier alpha value is -1.97. The molecule has 1 aliphatic rings. The molecule has 0 aromatic carbocycles. The van der Waals surface area contributed by atoms with Gasteiger partial charge >= 0.3 is 5.97 Å². The molecule has 0 aromatic heterocycles. The van der Waals surface area contributed by atoms with Crippen LogP contribution in [0.15, 0.2) is 58.5 Å². The van der Waals surface area contributed by atoms with Crippen LogP contribution in [-0.2, 0) is 4.79 Å². The highest BCUT2D eigenvalue weighted by atomic mass is 19.1. The summed E-state index contributed by atoms with van der Waals surface area (Å²) in [7, 11) is 0. The first-order chi connectivity index (χ1) is 11.2. The quantitative estimate of drug-likeness (QED) is 0.488. The predicted octanol–water partition coefficient (Wildman–Crippen LogP) is 5.85. The Kier molecular flexibility index (Phi) is 7.33. The van der Waals surface area contributed by atoms with Crippen LogP contribution in [0.2, 0.25) is 0 Å². The van der Waals surface area contributed by atoms with E-state index in [-0.39, 0.29) is 5.41 Å². The van der Waals surface area contributed by atoms with Crippen LogP contribution in [0.4, 0.5) is 8.78 Å². The summed E-state index contributed by atoms with van der Waals surface area (Å²) in [5.74, 6) is -2.24. The molecule has 24 heavy (non-hydrogen) atoms. The van der Waals surface area contributed by atoms with E-state index in [1.165, 1.54) is 23.6 Å². The van der Waals surface area contributed by atoms with Crippen LogP contribution in [0, 0.1) is 5.41 Å². The number of hydrogen-bond acceptors (Lipinski definition) is 1. The third-order valence-electron chi connectivity index (χ3n) is 4.30. The van der Waals surface area contributed by atoms with E-state index in [1.54, 1.807) is 0 Å². The average Bonchev–Trinajstić information content (AvgIpc) is 2.48. The first-order valence-corrected chi connectivity index (χ1v) is 8.09. The lowest BCUT2D eigenvalue weighted by Crippen LogP contribution is -2.19. The Morgan fingerprint density at radius 1 is 1.33 bits per heavy atom. The molecule has 1 rings (SSSR count). The highest BCUT2D eigenvalue weighted by Gasteiger charge is 2.26. The highest BCUT2D eigenvalue weighted by Crippen LogP contribution is 2.40. The third kappa shape index (κ3) is 5.91. The van der Waals surface area contributed by atoms with Gasteiger partial charge in [-0.05, 0) is 50.2 Å². The molecule has 0 saturated heterocycles. The van der Waals surface area contributed by atoms with Crippen molar-refractivity contribution < 1.29 is 18.7 Å². The minimum absolute atomic E-state index is 0.131. The molecule has 1 aliphatic carbocycles. The zero-order valence-electron chi connectivity index (χ0n) is 14.8. The van der Waals surface area contributed by atoms with E-state index in [4.69, 9.17) is 5.11 Å². The Morgan fingerprint density at radius 3 is 2.54 bits per heavy atom. The first-order valence-electron chi connectivity index (χ1n) is 8.09. The predicted molar refractivity (Wildman–Crippen MR) is 94.1 cm³/mol. The third-order valence-corrected chi connectivity index (χ3v) is 4.30. The monoisotopic (exact) mass is 336 g/mol. The van der Waals surface area contributed by atoms with Gasteiger partial charge in [0.25, 0.3) is 0 Å². The van der Waals surface area contributed by atoms with Crippen molar-refractivity contribution in [1.29, 1.82) is 0 Å². The zero-order chi connectivity index (χ0) is 18.3. The minimum atomic E-state index is -1.37. The Labute approximate surface area is 143 Å². The second kappa shape index (κ2) is 8.76. The fraction of sp³-hybridized carbons (Fsp3) is 0.450. The SMILES string of the molecule is CC(C=CC1=C(C)CCCC1(C)C)=CC=C(F)C(=CC(=O)O)CF. The molecular formula is C20H26F2O2. The van der Waals surface area contributed by atoms with Crippen molar-refractivity contribution in [1.82, 2.24) is 0 Å². The molecule has 0 unspecified atom stereocenters. The number of carboxylic acid groups (broad SMARTS) is 1. The van der Waals surface area contributed by atoms with E-state index in [0.717, 1.165) is 24.5 Å². The van der Waals surface area contributed by atoms with Gasteiger partial charge in [-0.15, -0.1) is 0 Å². The second-order valence-electron chi connectivity index (χ2n) is 6.83. The molecule has 0 fully saturated rings. The molecule has 0 amide bonds. The van der Waals surface area contributed by atoms with Gasteiger partial charge in [0.1, 0.15) is 12.5 Å². The summed E-state index contributed by atoms with van der Waals surface area (Å²) < 4.78 is 26.4. The van der Waals surface area contributed by atoms with Crippen molar-refractivity contribution in [2.45, 2.75) is 47.0 Å². The largest absolute Gasteiger partial charge is 0.478 e. The maximum atomic E-state index is 13.8. The molecule has 0 aromatic rings. The van der Waals surface area contributed by atoms with Gasteiger partial charge < -0.3 is 5.11 Å². The van der Waals surface area contributed by atoms with Crippen molar-refractivity contribution in [3.05, 3.63) is 58.5 Å². The van der Waals surface area contributed by atoms with Gasteiger partial charge in [0.15, 0.2) is 0 Å². The fourth-order valence-electron chi connectivity index (χ4n) is 2.91. The molecule has 0 saturated carbocycles. The van der Waals surface area contributed by atoms with Gasteiger partial charge in [0, 0.05) is 11.6 Å². The first kappa shape index (κ1) is 20.1. The van der Waals surface area contributed by atoms with Gasteiger partial charge in [0.2, 0.25) is 0 Å². The summed E-state index contributed by atoms with van der Waals surface area (Å²) in [5.41, 5.74) is 3.15. The van der Waals surface area contributed by atoms with E-state index in [2.05, 4.69) is 26.8 Å². The minimum Gasteiger partial charge on any atom is -0.478 e. The molecule has 0 spiro atoms.